The maximum absolute atomic E-state index is 13.2. The summed E-state index contributed by atoms with van der Waals surface area (Å²) in [4.78, 5) is 0. The van der Waals surface area contributed by atoms with Crippen molar-refractivity contribution >= 4 is 19.9 Å². The maximum Gasteiger partial charge on any atom is 0.479 e. The summed E-state index contributed by atoms with van der Waals surface area (Å²) >= 11 is 0. The van der Waals surface area contributed by atoms with Gasteiger partial charge in [0.15, 0.2) is 0 Å². The van der Waals surface area contributed by atoms with Gasteiger partial charge in [-0.1, -0.05) is 0 Å². The Morgan fingerprint density at radius 1 is 0.808 bits per heavy atom. The van der Waals surface area contributed by atoms with E-state index < -0.39 is 51.9 Å². The number of halogens is 10. The SMILES string of the molecule is C[n+]1ccn(S(=O)(=O)C(F)(F)C(F)(F)F)c1S(=O)(=O)C(F)(F)C(F)(F)F. The third-order valence-electron chi connectivity index (χ3n) is 2.74. The fraction of sp³-hybridized carbons (Fsp3) is 0.625. The minimum atomic E-state index is -7.14. The highest BCUT2D eigenvalue weighted by Crippen LogP contribution is 2.44. The Bertz CT molecular complexity index is 910. The zero-order valence-electron chi connectivity index (χ0n) is 11.8. The van der Waals surface area contributed by atoms with Gasteiger partial charge in [-0.3, -0.25) is 0 Å². The Morgan fingerprint density at radius 3 is 1.54 bits per heavy atom. The highest BCUT2D eigenvalue weighted by molar-refractivity contribution is 7.94. The van der Waals surface area contributed by atoms with E-state index in [1.807, 2.05) is 0 Å². The minimum Gasteiger partial charge on any atom is -0.222 e. The molecular weight excluding hydrogens is 442 g/mol. The van der Waals surface area contributed by atoms with E-state index in [0.29, 0.717) is 7.05 Å². The molecule has 0 bridgehead atoms. The molecule has 0 aliphatic rings. The van der Waals surface area contributed by atoms with Crippen molar-refractivity contribution in [3.8, 4) is 0 Å². The Labute approximate surface area is 137 Å². The zero-order valence-corrected chi connectivity index (χ0v) is 13.4. The molecule has 1 rings (SSSR count). The molecule has 0 spiro atoms. The minimum absolute atomic E-state index is 0.0728. The van der Waals surface area contributed by atoms with Crippen molar-refractivity contribution in [2.24, 2.45) is 7.05 Å². The van der Waals surface area contributed by atoms with Crippen LogP contribution in [0.1, 0.15) is 0 Å². The predicted octanol–water partition coefficient (Wildman–Crippen LogP) is 1.57. The van der Waals surface area contributed by atoms with E-state index in [4.69, 9.17) is 0 Å². The van der Waals surface area contributed by atoms with E-state index in [2.05, 4.69) is 0 Å². The van der Waals surface area contributed by atoms with Crippen molar-refractivity contribution in [3.63, 3.8) is 0 Å². The topological polar surface area (TPSA) is 77.1 Å². The third-order valence-corrected chi connectivity index (χ3v) is 6.42. The summed E-state index contributed by atoms with van der Waals surface area (Å²) in [5.74, 6) is 0. The first kappa shape index (κ1) is 22.5. The number of imidazole rings is 1. The highest BCUT2D eigenvalue weighted by atomic mass is 32.2. The Balaban J connectivity index is 3.88. The molecule has 18 heteroatoms. The molecule has 0 saturated carbocycles. The molecule has 0 saturated heterocycles. The number of hydrogen-bond acceptors (Lipinski definition) is 4. The van der Waals surface area contributed by atoms with Crippen LogP contribution in [0.5, 0.6) is 0 Å². The molecule has 0 fully saturated rings. The van der Waals surface area contributed by atoms with Crippen LogP contribution in [-0.2, 0) is 26.9 Å². The average Bonchev–Trinajstić information content (AvgIpc) is 2.78. The van der Waals surface area contributed by atoms with Gasteiger partial charge in [0.25, 0.3) is 0 Å². The Morgan fingerprint density at radius 2 is 1.19 bits per heavy atom. The predicted molar refractivity (Wildman–Crippen MR) is 59.1 cm³/mol. The van der Waals surface area contributed by atoms with E-state index >= 15 is 0 Å². The van der Waals surface area contributed by atoms with Crippen LogP contribution in [0.15, 0.2) is 17.6 Å². The largest absolute Gasteiger partial charge is 0.479 e. The molecule has 0 aliphatic carbocycles. The summed E-state index contributed by atoms with van der Waals surface area (Å²) in [6.45, 7) is 0. The smallest absolute Gasteiger partial charge is 0.222 e. The van der Waals surface area contributed by atoms with E-state index in [9.17, 15) is 60.7 Å². The standard InChI is InChI=1S/C8H5F10N2O4S2/c1-19-2-3-20(26(23,24)8(17,18)6(12,13)14)4(19)25(21,22)7(15,16)5(9,10)11/h2-3H,1H3/q+1. The van der Waals surface area contributed by atoms with Gasteiger partial charge in [-0.2, -0.15) is 52.3 Å². The molecule has 26 heavy (non-hydrogen) atoms. The normalized spacial score (nSPS) is 15.3. The number of sulfone groups is 1. The summed E-state index contributed by atoms with van der Waals surface area (Å²) in [6.07, 6.45) is -13.9. The molecule has 0 unspecified atom stereocenters. The van der Waals surface area contributed by atoms with Gasteiger partial charge in [0, 0.05) is 0 Å². The highest BCUT2D eigenvalue weighted by Gasteiger charge is 2.74. The second kappa shape index (κ2) is 5.70. The molecule has 0 amide bonds. The number of alkyl halides is 10. The van der Waals surface area contributed by atoms with Gasteiger partial charge in [0.05, 0.1) is 7.05 Å². The van der Waals surface area contributed by atoms with Gasteiger partial charge < -0.3 is 0 Å². The summed E-state index contributed by atoms with van der Waals surface area (Å²) < 4.78 is 170. The first-order valence-corrected chi connectivity index (χ1v) is 8.52. The van der Waals surface area contributed by atoms with Gasteiger partial charge in [-0.15, -0.1) is 3.97 Å². The number of nitrogens with zero attached hydrogens (tertiary/aromatic N) is 2. The van der Waals surface area contributed by atoms with Crippen molar-refractivity contribution in [2.45, 2.75) is 28.0 Å². The average molecular weight is 447 g/mol. The fourth-order valence-corrected chi connectivity index (χ4v) is 4.42. The number of aromatic nitrogens is 2. The zero-order chi connectivity index (χ0) is 21.1. The van der Waals surface area contributed by atoms with Crippen LogP contribution in [0.2, 0.25) is 0 Å². The second-order valence-corrected chi connectivity index (χ2v) is 8.27. The lowest BCUT2D eigenvalue weighted by Gasteiger charge is -2.20. The molecule has 0 atom stereocenters. The molecule has 1 aromatic heterocycles. The fourth-order valence-electron chi connectivity index (χ4n) is 1.47. The van der Waals surface area contributed by atoms with E-state index in [1.165, 1.54) is 0 Å². The number of aryl methyl sites for hydroxylation is 1. The maximum atomic E-state index is 13.2. The van der Waals surface area contributed by atoms with Crippen LogP contribution in [-0.4, -0.2) is 43.7 Å². The lowest BCUT2D eigenvalue weighted by Crippen LogP contribution is -2.52. The van der Waals surface area contributed by atoms with Crippen LogP contribution in [0.3, 0.4) is 0 Å². The molecule has 0 aromatic carbocycles. The van der Waals surface area contributed by atoms with Crippen molar-refractivity contribution < 1.29 is 65.3 Å². The van der Waals surface area contributed by atoms with E-state index in [0.717, 1.165) is 0 Å². The molecule has 1 aromatic rings. The third kappa shape index (κ3) is 2.91. The molecule has 1 heterocycles. The first-order chi connectivity index (χ1) is 11.1. The van der Waals surface area contributed by atoms with Crippen molar-refractivity contribution in [1.82, 2.24) is 3.97 Å². The lowest BCUT2D eigenvalue weighted by atomic mass is 10.7. The Hall–Kier alpha value is -1.59. The van der Waals surface area contributed by atoms with Gasteiger partial charge in [-0.05, 0) is 0 Å². The van der Waals surface area contributed by atoms with E-state index in [1.54, 1.807) is 0 Å². The van der Waals surface area contributed by atoms with E-state index in [-0.39, 0.29) is 17.0 Å². The van der Waals surface area contributed by atoms with Crippen LogP contribution in [0.25, 0.3) is 0 Å². The van der Waals surface area contributed by atoms with Gasteiger partial charge in [-0.25, -0.2) is 13.0 Å². The molecule has 0 radical (unpaired) electrons. The van der Waals surface area contributed by atoms with Gasteiger partial charge in [0.2, 0.25) is 0 Å². The molecular formula is C8H5F10N2O4S2+. The Kier molecular flexibility index (Phi) is 4.92. The number of hydrogen-bond donors (Lipinski definition) is 0. The number of rotatable bonds is 4. The van der Waals surface area contributed by atoms with Crippen LogP contribution >= 0.6 is 0 Å². The van der Waals surface area contributed by atoms with Gasteiger partial charge >= 0.3 is 47.9 Å². The summed E-state index contributed by atoms with van der Waals surface area (Å²) in [5, 5.41) is -16.1. The van der Waals surface area contributed by atoms with Crippen LogP contribution in [0.4, 0.5) is 43.9 Å². The quantitative estimate of drug-likeness (QED) is 0.519. The van der Waals surface area contributed by atoms with Crippen molar-refractivity contribution in [2.75, 3.05) is 0 Å². The van der Waals surface area contributed by atoms with Crippen LogP contribution < -0.4 is 4.57 Å². The second-order valence-electron chi connectivity index (χ2n) is 4.52. The summed E-state index contributed by atoms with van der Waals surface area (Å²) in [5.41, 5.74) is 0. The monoisotopic (exact) mass is 447 g/mol. The molecule has 0 aliphatic heterocycles. The first-order valence-electron chi connectivity index (χ1n) is 5.60. The molecule has 6 nitrogen and oxygen atoms in total. The van der Waals surface area contributed by atoms with Crippen molar-refractivity contribution in [3.05, 3.63) is 12.4 Å². The van der Waals surface area contributed by atoms with Gasteiger partial charge in [0.1, 0.15) is 12.4 Å². The summed E-state index contributed by atoms with van der Waals surface area (Å²) in [6, 6.07) is 0. The van der Waals surface area contributed by atoms with Crippen LogP contribution in [0, 0.1) is 0 Å². The molecule has 0 N–H and O–H groups in total. The summed E-state index contributed by atoms with van der Waals surface area (Å²) in [7, 11) is -13.9. The molecule has 152 valence electrons. The van der Waals surface area contributed by atoms with Crippen molar-refractivity contribution in [1.29, 1.82) is 0 Å². The lowest BCUT2D eigenvalue weighted by molar-refractivity contribution is -0.709.